The number of nitrogens with zero attached hydrogens (tertiary/aromatic N) is 2. The van der Waals surface area contributed by atoms with Crippen LogP contribution < -0.4 is 0 Å². The van der Waals surface area contributed by atoms with Gasteiger partial charge in [0.25, 0.3) is 0 Å². The average molecular weight is 242 g/mol. The third kappa shape index (κ3) is 4.28. The zero-order chi connectivity index (χ0) is 13.1. The number of carbonyl (C=O) groups is 1. The monoisotopic (exact) mass is 242 g/mol. The summed E-state index contributed by atoms with van der Waals surface area (Å²) < 4.78 is 0. The molecular formula is C13H26N2O2. The van der Waals surface area contributed by atoms with Crippen molar-refractivity contribution in [1.29, 1.82) is 0 Å². The molecule has 1 unspecified atom stereocenters. The van der Waals surface area contributed by atoms with Crippen molar-refractivity contribution in [2.45, 2.75) is 39.7 Å². The van der Waals surface area contributed by atoms with E-state index in [1.54, 1.807) is 0 Å². The minimum atomic E-state index is -0.691. The van der Waals surface area contributed by atoms with Crippen molar-refractivity contribution in [1.82, 2.24) is 9.80 Å². The van der Waals surface area contributed by atoms with Crippen LogP contribution in [0.5, 0.6) is 0 Å². The van der Waals surface area contributed by atoms with Crippen LogP contribution in [-0.4, -0.2) is 60.1 Å². The van der Waals surface area contributed by atoms with E-state index in [0.717, 1.165) is 39.0 Å². The Balaban J connectivity index is 2.26. The van der Waals surface area contributed by atoms with Gasteiger partial charge in [-0.2, -0.15) is 0 Å². The summed E-state index contributed by atoms with van der Waals surface area (Å²) >= 11 is 0. The number of hydrogen-bond donors (Lipinski definition) is 1. The van der Waals surface area contributed by atoms with Gasteiger partial charge in [-0.1, -0.05) is 0 Å². The normalized spacial score (nSPS) is 23.9. The molecule has 1 heterocycles. The maximum Gasteiger partial charge on any atom is 0.309 e. The van der Waals surface area contributed by atoms with Crippen molar-refractivity contribution in [3.63, 3.8) is 0 Å². The van der Waals surface area contributed by atoms with Gasteiger partial charge in [0, 0.05) is 25.7 Å². The number of carboxylic acids is 1. The lowest BCUT2D eigenvalue weighted by Crippen LogP contribution is -2.50. The molecular weight excluding hydrogens is 216 g/mol. The smallest absolute Gasteiger partial charge is 0.309 e. The molecule has 0 amide bonds. The van der Waals surface area contributed by atoms with Crippen LogP contribution in [0.15, 0.2) is 0 Å². The van der Waals surface area contributed by atoms with E-state index in [1.807, 2.05) is 13.8 Å². The van der Waals surface area contributed by atoms with Crippen LogP contribution in [0, 0.1) is 5.41 Å². The second-order valence-corrected chi connectivity index (χ2v) is 5.92. The van der Waals surface area contributed by atoms with Gasteiger partial charge in [-0.15, -0.1) is 0 Å². The standard InChI is InChI=1S/C13H26N2O2/c1-11-10-15(9-8-14(11)4)7-5-6-13(2,3)12(16)17/h11H,5-10H2,1-4H3,(H,16,17). The maximum atomic E-state index is 11.0. The van der Waals surface area contributed by atoms with Crippen LogP contribution >= 0.6 is 0 Å². The van der Waals surface area contributed by atoms with Gasteiger partial charge in [-0.25, -0.2) is 0 Å². The Labute approximate surface area is 105 Å². The summed E-state index contributed by atoms with van der Waals surface area (Å²) in [5, 5.41) is 9.03. The molecule has 1 rings (SSSR count). The van der Waals surface area contributed by atoms with Crippen molar-refractivity contribution < 1.29 is 9.90 Å². The van der Waals surface area contributed by atoms with Gasteiger partial charge < -0.3 is 14.9 Å². The van der Waals surface area contributed by atoms with Gasteiger partial charge in [-0.3, -0.25) is 4.79 Å². The number of carboxylic acid groups (broad SMARTS) is 1. The molecule has 0 aromatic rings. The number of piperazine rings is 1. The Morgan fingerprint density at radius 3 is 2.59 bits per heavy atom. The second kappa shape index (κ2) is 5.83. The van der Waals surface area contributed by atoms with Crippen molar-refractivity contribution in [2.75, 3.05) is 33.2 Å². The van der Waals surface area contributed by atoms with Crippen LogP contribution in [0.4, 0.5) is 0 Å². The van der Waals surface area contributed by atoms with Gasteiger partial charge in [0.05, 0.1) is 5.41 Å². The molecule has 1 aliphatic heterocycles. The topological polar surface area (TPSA) is 43.8 Å². The van der Waals surface area contributed by atoms with Gasteiger partial charge in [0.15, 0.2) is 0 Å². The minimum absolute atomic E-state index is 0.585. The Kier molecular flexibility index (Phi) is 4.95. The van der Waals surface area contributed by atoms with Crippen molar-refractivity contribution in [3.05, 3.63) is 0 Å². The Hall–Kier alpha value is -0.610. The molecule has 4 nitrogen and oxygen atoms in total. The molecule has 1 aliphatic rings. The third-order valence-corrected chi connectivity index (χ3v) is 3.90. The van der Waals surface area contributed by atoms with Crippen LogP contribution in [0.25, 0.3) is 0 Å². The van der Waals surface area contributed by atoms with E-state index in [2.05, 4.69) is 23.8 Å². The van der Waals surface area contributed by atoms with Crippen molar-refractivity contribution in [3.8, 4) is 0 Å². The first-order chi connectivity index (χ1) is 7.83. The fourth-order valence-electron chi connectivity index (χ4n) is 2.18. The lowest BCUT2D eigenvalue weighted by Gasteiger charge is -2.38. The molecule has 0 bridgehead atoms. The highest BCUT2D eigenvalue weighted by atomic mass is 16.4. The average Bonchev–Trinajstić information content (AvgIpc) is 2.23. The van der Waals surface area contributed by atoms with Gasteiger partial charge >= 0.3 is 5.97 Å². The summed E-state index contributed by atoms with van der Waals surface area (Å²) in [6, 6.07) is 0.608. The molecule has 0 aromatic heterocycles. The molecule has 100 valence electrons. The summed E-state index contributed by atoms with van der Waals surface area (Å²) in [4.78, 5) is 15.8. The molecule has 4 heteroatoms. The second-order valence-electron chi connectivity index (χ2n) is 5.92. The zero-order valence-electron chi connectivity index (χ0n) is 11.6. The van der Waals surface area contributed by atoms with E-state index in [1.165, 1.54) is 0 Å². The van der Waals surface area contributed by atoms with Crippen molar-refractivity contribution >= 4 is 5.97 Å². The first-order valence-corrected chi connectivity index (χ1v) is 6.49. The molecule has 1 saturated heterocycles. The largest absolute Gasteiger partial charge is 0.481 e. The van der Waals surface area contributed by atoms with E-state index in [4.69, 9.17) is 5.11 Å². The van der Waals surface area contributed by atoms with Gasteiger partial charge in [0.1, 0.15) is 0 Å². The predicted molar refractivity (Wildman–Crippen MR) is 69.2 cm³/mol. The highest BCUT2D eigenvalue weighted by Gasteiger charge is 2.27. The lowest BCUT2D eigenvalue weighted by molar-refractivity contribution is -0.147. The number of likely N-dealkylation sites (N-methyl/N-ethyl adjacent to an activating group) is 1. The predicted octanol–water partition coefficient (Wildman–Crippen LogP) is 1.51. The molecule has 1 fully saturated rings. The van der Waals surface area contributed by atoms with E-state index < -0.39 is 11.4 Å². The fraction of sp³-hybridized carbons (Fsp3) is 0.923. The maximum absolute atomic E-state index is 11.0. The molecule has 0 radical (unpaired) electrons. The number of rotatable bonds is 5. The summed E-state index contributed by atoms with van der Waals surface area (Å²) in [7, 11) is 2.16. The van der Waals surface area contributed by atoms with E-state index in [-0.39, 0.29) is 0 Å². The lowest BCUT2D eigenvalue weighted by atomic mass is 9.88. The third-order valence-electron chi connectivity index (χ3n) is 3.90. The molecule has 17 heavy (non-hydrogen) atoms. The summed E-state index contributed by atoms with van der Waals surface area (Å²) in [5.41, 5.74) is -0.585. The zero-order valence-corrected chi connectivity index (χ0v) is 11.6. The molecule has 0 aromatic carbocycles. The van der Waals surface area contributed by atoms with Gasteiger partial charge in [-0.05, 0) is 47.2 Å². The summed E-state index contributed by atoms with van der Waals surface area (Å²) in [6.45, 7) is 10.2. The van der Waals surface area contributed by atoms with Crippen LogP contribution in [0.3, 0.4) is 0 Å². The summed E-state index contributed by atoms with van der Waals surface area (Å²) in [6.07, 6.45) is 1.72. The number of aliphatic carboxylic acids is 1. The van der Waals surface area contributed by atoms with Crippen LogP contribution in [-0.2, 0) is 4.79 Å². The quantitative estimate of drug-likeness (QED) is 0.794. The molecule has 1 atom stereocenters. The SMILES string of the molecule is CC1CN(CCCC(C)(C)C(=O)O)CCN1C. The first kappa shape index (κ1) is 14.5. The highest BCUT2D eigenvalue weighted by Crippen LogP contribution is 2.22. The van der Waals surface area contributed by atoms with E-state index in [0.29, 0.717) is 6.04 Å². The fourth-order valence-corrected chi connectivity index (χ4v) is 2.18. The Morgan fingerprint density at radius 1 is 1.41 bits per heavy atom. The number of hydrogen-bond acceptors (Lipinski definition) is 3. The van der Waals surface area contributed by atoms with E-state index in [9.17, 15) is 4.79 Å². The Bertz CT molecular complexity index is 266. The van der Waals surface area contributed by atoms with E-state index >= 15 is 0 Å². The molecule has 0 aliphatic carbocycles. The van der Waals surface area contributed by atoms with Crippen LogP contribution in [0.2, 0.25) is 0 Å². The van der Waals surface area contributed by atoms with Gasteiger partial charge in [0.2, 0.25) is 0 Å². The van der Waals surface area contributed by atoms with Crippen molar-refractivity contribution in [2.24, 2.45) is 5.41 Å². The minimum Gasteiger partial charge on any atom is -0.481 e. The summed E-state index contributed by atoms with van der Waals surface area (Å²) in [5.74, 6) is -0.691. The molecule has 0 saturated carbocycles. The van der Waals surface area contributed by atoms with Crippen LogP contribution in [0.1, 0.15) is 33.6 Å². The molecule has 1 N–H and O–H groups in total. The molecule has 0 spiro atoms. The highest BCUT2D eigenvalue weighted by molar-refractivity contribution is 5.73. The Morgan fingerprint density at radius 2 is 2.06 bits per heavy atom. The first-order valence-electron chi connectivity index (χ1n) is 6.49.